The van der Waals surface area contributed by atoms with Crippen LogP contribution in [0.3, 0.4) is 0 Å². The molecule has 20 heavy (non-hydrogen) atoms. The average Bonchev–Trinajstić information content (AvgIpc) is 2.99. The van der Waals surface area contributed by atoms with Gasteiger partial charge in [0.25, 0.3) is 0 Å². The van der Waals surface area contributed by atoms with Gasteiger partial charge < -0.3 is 14.5 Å². The van der Waals surface area contributed by atoms with Crippen molar-refractivity contribution in [3.8, 4) is 0 Å². The van der Waals surface area contributed by atoms with E-state index >= 15 is 0 Å². The summed E-state index contributed by atoms with van der Waals surface area (Å²) in [6.45, 7) is 11.7. The van der Waals surface area contributed by atoms with E-state index < -0.39 is 0 Å². The van der Waals surface area contributed by atoms with Gasteiger partial charge in [-0.15, -0.1) is 0 Å². The fourth-order valence-corrected chi connectivity index (χ4v) is 2.35. The van der Waals surface area contributed by atoms with Crippen molar-refractivity contribution < 1.29 is 0 Å². The standard InChI is InChI=1S/C16H26N4/c1-13(2)8-17-9-15-6-5-7-19(15)11-16-10-18-12-20(16)14(3)4/h5-7,10,12-14,17H,8-9,11H2,1-4H3. The molecule has 0 aliphatic rings. The van der Waals surface area contributed by atoms with Crippen LogP contribution in [0.15, 0.2) is 30.9 Å². The Bertz CT molecular complexity index is 522. The van der Waals surface area contributed by atoms with Crippen LogP contribution in [-0.4, -0.2) is 20.7 Å². The summed E-state index contributed by atoms with van der Waals surface area (Å²) < 4.78 is 4.52. The lowest BCUT2D eigenvalue weighted by molar-refractivity contribution is 0.529. The maximum absolute atomic E-state index is 4.27. The largest absolute Gasteiger partial charge is 0.344 e. The van der Waals surface area contributed by atoms with Crippen molar-refractivity contribution in [2.75, 3.05) is 6.54 Å². The SMILES string of the molecule is CC(C)CNCc1cccn1Cc1cncn1C(C)C. The average molecular weight is 274 g/mol. The Hall–Kier alpha value is -1.55. The van der Waals surface area contributed by atoms with Gasteiger partial charge in [-0.25, -0.2) is 4.98 Å². The van der Waals surface area contributed by atoms with E-state index in [4.69, 9.17) is 0 Å². The Morgan fingerprint density at radius 2 is 2.00 bits per heavy atom. The molecule has 0 aliphatic carbocycles. The van der Waals surface area contributed by atoms with Gasteiger partial charge in [-0.3, -0.25) is 0 Å². The number of nitrogens with zero attached hydrogens (tertiary/aromatic N) is 3. The first-order chi connectivity index (χ1) is 9.58. The van der Waals surface area contributed by atoms with Crippen molar-refractivity contribution >= 4 is 0 Å². The van der Waals surface area contributed by atoms with Crippen molar-refractivity contribution in [2.24, 2.45) is 5.92 Å². The minimum Gasteiger partial charge on any atom is -0.344 e. The van der Waals surface area contributed by atoms with Crippen molar-refractivity contribution in [1.29, 1.82) is 0 Å². The zero-order chi connectivity index (χ0) is 14.5. The summed E-state index contributed by atoms with van der Waals surface area (Å²) in [6.07, 6.45) is 6.02. The first-order valence-electron chi connectivity index (χ1n) is 7.43. The van der Waals surface area contributed by atoms with Gasteiger partial charge in [0.2, 0.25) is 0 Å². The van der Waals surface area contributed by atoms with Gasteiger partial charge in [0.05, 0.1) is 18.6 Å². The highest BCUT2D eigenvalue weighted by Gasteiger charge is 2.08. The van der Waals surface area contributed by atoms with E-state index in [0.717, 1.165) is 19.6 Å². The van der Waals surface area contributed by atoms with Crippen LogP contribution in [0, 0.1) is 5.92 Å². The van der Waals surface area contributed by atoms with E-state index in [2.05, 4.69) is 65.5 Å². The molecule has 110 valence electrons. The second kappa shape index (κ2) is 6.75. The Morgan fingerprint density at radius 3 is 2.70 bits per heavy atom. The molecule has 0 bridgehead atoms. The Morgan fingerprint density at radius 1 is 1.20 bits per heavy atom. The van der Waals surface area contributed by atoms with Crippen LogP contribution in [0.1, 0.15) is 45.1 Å². The summed E-state index contributed by atoms with van der Waals surface area (Å²) in [6, 6.07) is 4.75. The molecule has 2 rings (SSSR count). The molecule has 0 fully saturated rings. The van der Waals surface area contributed by atoms with Crippen LogP contribution in [0.25, 0.3) is 0 Å². The third kappa shape index (κ3) is 3.73. The molecule has 0 unspecified atom stereocenters. The van der Waals surface area contributed by atoms with Gasteiger partial charge in [-0.05, 0) is 38.4 Å². The summed E-state index contributed by atoms with van der Waals surface area (Å²) in [4.78, 5) is 4.27. The van der Waals surface area contributed by atoms with Gasteiger partial charge in [0.1, 0.15) is 0 Å². The molecule has 2 heterocycles. The number of hydrogen-bond donors (Lipinski definition) is 1. The molecule has 0 spiro atoms. The number of imidazole rings is 1. The fourth-order valence-electron chi connectivity index (χ4n) is 2.35. The smallest absolute Gasteiger partial charge is 0.0951 e. The highest BCUT2D eigenvalue weighted by atomic mass is 15.1. The zero-order valence-electron chi connectivity index (χ0n) is 13.0. The molecule has 0 saturated carbocycles. The van der Waals surface area contributed by atoms with Crippen molar-refractivity contribution in [3.63, 3.8) is 0 Å². The van der Waals surface area contributed by atoms with Crippen molar-refractivity contribution in [1.82, 2.24) is 19.4 Å². The molecular weight excluding hydrogens is 248 g/mol. The lowest BCUT2D eigenvalue weighted by Crippen LogP contribution is -2.21. The zero-order valence-corrected chi connectivity index (χ0v) is 13.0. The highest BCUT2D eigenvalue weighted by Crippen LogP contribution is 2.12. The molecule has 1 N–H and O–H groups in total. The topological polar surface area (TPSA) is 34.8 Å². The first kappa shape index (κ1) is 14.9. The van der Waals surface area contributed by atoms with Crippen LogP contribution < -0.4 is 5.32 Å². The molecule has 2 aromatic rings. The summed E-state index contributed by atoms with van der Waals surface area (Å²) in [5.41, 5.74) is 2.57. The molecule has 0 amide bonds. The first-order valence-corrected chi connectivity index (χ1v) is 7.43. The molecule has 0 radical (unpaired) electrons. The molecule has 4 heteroatoms. The summed E-state index contributed by atoms with van der Waals surface area (Å²) in [7, 11) is 0. The number of hydrogen-bond acceptors (Lipinski definition) is 2. The maximum Gasteiger partial charge on any atom is 0.0951 e. The summed E-state index contributed by atoms with van der Waals surface area (Å²) in [5.74, 6) is 0.681. The number of rotatable bonds is 7. The molecular formula is C16H26N4. The van der Waals surface area contributed by atoms with E-state index in [1.807, 2.05) is 12.5 Å². The van der Waals surface area contributed by atoms with Gasteiger partial charge >= 0.3 is 0 Å². The molecule has 2 aromatic heterocycles. The van der Waals surface area contributed by atoms with E-state index in [0.29, 0.717) is 12.0 Å². The third-order valence-corrected chi connectivity index (χ3v) is 3.42. The van der Waals surface area contributed by atoms with E-state index in [1.165, 1.54) is 11.4 Å². The summed E-state index contributed by atoms with van der Waals surface area (Å²) >= 11 is 0. The quantitative estimate of drug-likeness (QED) is 0.842. The third-order valence-electron chi connectivity index (χ3n) is 3.42. The van der Waals surface area contributed by atoms with Crippen molar-refractivity contribution in [2.45, 2.75) is 46.8 Å². The predicted molar refractivity (Wildman–Crippen MR) is 82.7 cm³/mol. The monoisotopic (exact) mass is 274 g/mol. The Kier molecular flexibility index (Phi) is 5.01. The predicted octanol–water partition coefficient (Wildman–Crippen LogP) is 3.06. The summed E-state index contributed by atoms with van der Waals surface area (Å²) in [5, 5.41) is 3.50. The number of aromatic nitrogens is 3. The molecule has 0 aromatic carbocycles. The van der Waals surface area contributed by atoms with Crippen LogP contribution in [0.4, 0.5) is 0 Å². The fraction of sp³-hybridized carbons (Fsp3) is 0.562. The molecule has 0 aliphatic heterocycles. The van der Waals surface area contributed by atoms with E-state index in [9.17, 15) is 0 Å². The second-order valence-corrected chi connectivity index (χ2v) is 6.04. The molecule has 4 nitrogen and oxygen atoms in total. The Balaban J connectivity index is 2.03. The van der Waals surface area contributed by atoms with E-state index in [1.54, 1.807) is 0 Å². The second-order valence-electron chi connectivity index (χ2n) is 6.04. The highest BCUT2D eigenvalue weighted by molar-refractivity contribution is 5.11. The maximum atomic E-state index is 4.27. The van der Waals surface area contributed by atoms with Gasteiger partial charge in [0.15, 0.2) is 0 Å². The normalized spacial score (nSPS) is 11.7. The van der Waals surface area contributed by atoms with Crippen LogP contribution >= 0.6 is 0 Å². The lowest BCUT2D eigenvalue weighted by atomic mass is 10.2. The van der Waals surface area contributed by atoms with E-state index in [-0.39, 0.29) is 0 Å². The van der Waals surface area contributed by atoms with Crippen LogP contribution in [0.2, 0.25) is 0 Å². The molecule has 0 atom stereocenters. The minimum absolute atomic E-state index is 0.450. The minimum atomic E-state index is 0.450. The van der Waals surface area contributed by atoms with Gasteiger partial charge in [-0.2, -0.15) is 0 Å². The van der Waals surface area contributed by atoms with Gasteiger partial charge in [0, 0.05) is 30.7 Å². The van der Waals surface area contributed by atoms with Crippen molar-refractivity contribution in [3.05, 3.63) is 42.2 Å². The molecule has 0 saturated heterocycles. The van der Waals surface area contributed by atoms with Gasteiger partial charge in [-0.1, -0.05) is 13.8 Å². The van der Waals surface area contributed by atoms with Crippen LogP contribution in [-0.2, 0) is 13.1 Å². The van der Waals surface area contributed by atoms with Crippen LogP contribution in [0.5, 0.6) is 0 Å². The lowest BCUT2D eigenvalue weighted by Gasteiger charge is -2.15. The Labute approximate surface area is 121 Å². The number of nitrogens with one attached hydrogen (secondary N) is 1.